The fraction of sp³-hybridized carbons (Fsp3) is 0.318. The van der Waals surface area contributed by atoms with Gasteiger partial charge in [0.25, 0.3) is 0 Å². The average molecular weight is 363 g/mol. The summed E-state index contributed by atoms with van der Waals surface area (Å²) >= 11 is 0. The van der Waals surface area contributed by atoms with Gasteiger partial charge in [-0.1, -0.05) is 30.3 Å². The summed E-state index contributed by atoms with van der Waals surface area (Å²) in [7, 11) is 1.67. The molecule has 1 aromatic heterocycles. The van der Waals surface area contributed by atoms with Gasteiger partial charge in [0.1, 0.15) is 12.3 Å². The highest BCUT2D eigenvalue weighted by Crippen LogP contribution is 2.31. The minimum atomic E-state index is -0.334. The number of primary amides is 1. The SMILES string of the molecule is COc1ccc2c(c1)c(CN1CC[C@@H](c3ccccc3)C1)cn2CC(N)=O. The van der Waals surface area contributed by atoms with Crippen LogP contribution in [0.25, 0.3) is 10.9 Å². The first-order valence-electron chi connectivity index (χ1n) is 9.35. The van der Waals surface area contributed by atoms with E-state index in [1.165, 1.54) is 17.5 Å². The standard InChI is InChI=1S/C22H25N3O2/c1-27-19-7-8-21-20(11-19)18(14-25(21)15-22(23)26)13-24-10-9-17(12-24)16-5-3-2-4-6-16/h2-8,11,14,17H,9-10,12-13,15H2,1H3,(H2,23,26)/t17-/m1/s1. The molecule has 1 aliphatic heterocycles. The number of hydrogen-bond donors (Lipinski definition) is 1. The molecule has 140 valence electrons. The van der Waals surface area contributed by atoms with Crippen molar-refractivity contribution in [1.82, 2.24) is 9.47 Å². The lowest BCUT2D eigenvalue weighted by Gasteiger charge is -2.16. The lowest BCUT2D eigenvalue weighted by molar-refractivity contribution is -0.118. The van der Waals surface area contributed by atoms with Crippen LogP contribution in [-0.2, 0) is 17.9 Å². The van der Waals surface area contributed by atoms with Crippen LogP contribution in [0.2, 0.25) is 0 Å². The van der Waals surface area contributed by atoms with Crippen LogP contribution in [0, 0.1) is 0 Å². The van der Waals surface area contributed by atoms with Crippen molar-refractivity contribution < 1.29 is 9.53 Å². The van der Waals surface area contributed by atoms with Gasteiger partial charge in [0.2, 0.25) is 5.91 Å². The van der Waals surface area contributed by atoms with Crippen LogP contribution in [0.3, 0.4) is 0 Å². The second-order valence-electron chi connectivity index (χ2n) is 7.26. The van der Waals surface area contributed by atoms with Gasteiger partial charge in [-0.05, 0) is 48.2 Å². The molecular formula is C22H25N3O2. The molecule has 0 radical (unpaired) electrons. The Morgan fingerprint density at radius 2 is 2.04 bits per heavy atom. The molecule has 3 aromatic rings. The Labute approximate surface area is 159 Å². The smallest absolute Gasteiger partial charge is 0.237 e. The molecular weight excluding hydrogens is 338 g/mol. The molecule has 1 atom stereocenters. The van der Waals surface area contributed by atoms with Crippen LogP contribution in [0.1, 0.15) is 23.5 Å². The van der Waals surface area contributed by atoms with Gasteiger partial charge in [-0.15, -0.1) is 0 Å². The molecule has 1 saturated heterocycles. The Morgan fingerprint density at radius 3 is 2.78 bits per heavy atom. The molecule has 2 N–H and O–H groups in total. The first-order valence-corrected chi connectivity index (χ1v) is 9.35. The van der Waals surface area contributed by atoms with Gasteiger partial charge in [-0.3, -0.25) is 9.69 Å². The van der Waals surface area contributed by atoms with Gasteiger partial charge >= 0.3 is 0 Å². The van der Waals surface area contributed by atoms with E-state index in [1.54, 1.807) is 7.11 Å². The van der Waals surface area contributed by atoms with E-state index in [0.717, 1.165) is 36.3 Å². The number of ether oxygens (including phenoxy) is 1. The molecule has 27 heavy (non-hydrogen) atoms. The molecule has 0 bridgehead atoms. The number of benzene rings is 2. The van der Waals surface area contributed by atoms with Crippen LogP contribution in [0.15, 0.2) is 54.7 Å². The first-order chi connectivity index (χ1) is 13.1. The normalized spacial score (nSPS) is 17.4. The Morgan fingerprint density at radius 1 is 1.22 bits per heavy atom. The summed E-state index contributed by atoms with van der Waals surface area (Å²) in [4.78, 5) is 13.9. The van der Waals surface area contributed by atoms with E-state index in [-0.39, 0.29) is 12.5 Å². The molecule has 0 spiro atoms. The van der Waals surface area contributed by atoms with Crippen molar-refractivity contribution >= 4 is 16.8 Å². The van der Waals surface area contributed by atoms with Gasteiger partial charge in [-0.2, -0.15) is 0 Å². The molecule has 0 unspecified atom stereocenters. The fourth-order valence-electron chi connectivity index (χ4n) is 4.12. The third-order valence-corrected chi connectivity index (χ3v) is 5.43. The molecule has 2 aromatic carbocycles. The van der Waals surface area contributed by atoms with Gasteiger partial charge in [0.05, 0.1) is 7.11 Å². The zero-order valence-electron chi connectivity index (χ0n) is 15.6. The molecule has 5 nitrogen and oxygen atoms in total. The van der Waals surface area contributed by atoms with Crippen molar-refractivity contribution in [3.05, 3.63) is 65.9 Å². The van der Waals surface area contributed by atoms with E-state index in [9.17, 15) is 4.79 Å². The number of methoxy groups -OCH3 is 1. The second-order valence-corrected chi connectivity index (χ2v) is 7.26. The van der Waals surface area contributed by atoms with Crippen LogP contribution >= 0.6 is 0 Å². The minimum absolute atomic E-state index is 0.190. The molecule has 0 saturated carbocycles. The van der Waals surface area contributed by atoms with Crippen molar-refractivity contribution in [3.63, 3.8) is 0 Å². The summed E-state index contributed by atoms with van der Waals surface area (Å²) in [5.74, 6) is 1.07. The molecule has 1 aliphatic rings. The maximum Gasteiger partial charge on any atom is 0.237 e. The Bertz CT molecular complexity index is 949. The van der Waals surface area contributed by atoms with Crippen molar-refractivity contribution in [2.45, 2.75) is 25.4 Å². The second kappa shape index (κ2) is 7.45. The number of aromatic nitrogens is 1. The fourth-order valence-corrected chi connectivity index (χ4v) is 4.12. The number of nitrogens with two attached hydrogens (primary N) is 1. The number of carbonyl (C=O) groups is 1. The van der Waals surface area contributed by atoms with E-state index in [0.29, 0.717) is 5.92 Å². The van der Waals surface area contributed by atoms with Crippen LogP contribution in [-0.4, -0.2) is 35.6 Å². The molecule has 4 rings (SSSR count). The predicted molar refractivity (Wildman–Crippen MR) is 107 cm³/mol. The molecule has 1 fully saturated rings. The number of amides is 1. The number of likely N-dealkylation sites (tertiary alicyclic amines) is 1. The van der Waals surface area contributed by atoms with Crippen molar-refractivity contribution in [2.24, 2.45) is 5.73 Å². The summed E-state index contributed by atoms with van der Waals surface area (Å²) in [5, 5.41) is 1.12. The first kappa shape index (κ1) is 17.6. The number of nitrogens with zero attached hydrogens (tertiary/aromatic N) is 2. The van der Waals surface area contributed by atoms with Crippen LogP contribution in [0.5, 0.6) is 5.75 Å². The lowest BCUT2D eigenvalue weighted by Crippen LogP contribution is -2.20. The number of carbonyl (C=O) groups excluding carboxylic acids is 1. The largest absolute Gasteiger partial charge is 0.497 e. The van der Waals surface area contributed by atoms with E-state index in [2.05, 4.69) is 41.4 Å². The number of rotatable bonds is 6. The Kier molecular flexibility index (Phi) is 4.86. The van der Waals surface area contributed by atoms with Crippen molar-refractivity contribution in [3.8, 4) is 5.75 Å². The van der Waals surface area contributed by atoms with Crippen LogP contribution in [0.4, 0.5) is 0 Å². The summed E-state index contributed by atoms with van der Waals surface area (Å²) in [6.45, 7) is 3.18. The molecule has 2 heterocycles. The number of hydrogen-bond acceptors (Lipinski definition) is 3. The van der Waals surface area contributed by atoms with E-state index < -0.39 is 0 Å². The van der Waals surface area contributed by atoms with Gasteiger partial charge < -0.3 is 15.0 Å². The molecule has 0 aliphatic carbocycles. The summed E-state index contributed by atoms with van der Waals surface area (Å²) in [5.41, 5.74) is 9.07. The van der Waals surface area contributed by atoms with E-state index in [4.69, 9.17) is 10.5 Å². The van der Waals surface area contributed by atoms with E-state index >= 15 is 0 Å². The van der Waals surface area contributed by atoms with Crippen molar-refractivity contribution in [1.29, 1.82) is 0 Å². The topological polar surface area (TPSA) is 60.5 Å². The molecule has 1 amide bonds. The minimum Gasteiger partial charge on any atom is -0.497 e. The third kappa shape index (κ3) is 3.69. The lowest BCUT2D eigenvalue weighted by atomic mass is 9.99. The predicted octanol–water partition coefficient (Wildman–Crippen LogP) is 3.12. The monoisotopic (exact) mass is 363 g/mol. The Hall–Kier alpha value is -2.79. The van der Waals surface area contributed by atoms with Gasteiger partial charge in [-0.25, -0.2) is 0 Å². The zero-order valence-corrected chi connectivity index (χ0v) is 15.6. The zero-order chi connectivity index (χ0) is 18.8. The maximum absolute atomic E-state index is 11.5. The average Bonchev–Trinajstić information content (AvgIpc) is 3.27. The molecule has 5 heteroatoms. The quantitative estimate of drug-likeness (QED) is 0.732. The highest BCUT2D eigenvalue weighted by atomic mass is 16.5. The highest BCUT2D eigenvalue weighted by Gasteiger charge is 2.24. The van der Waals surface area contributed by atoms with Crippen molar-refractivity contribution in [2.75, 3.05) is 20.2 Å². The number of fused-ring (bicyclic) bond motifs is 1. The van der Waals surface area contributed by atoms with Gasteiger partial charge in [0, 0.05) is 30.2 Å². The summed E-state index contributed by atoms with van der Waals surface area (Å²) < 4.78 is 7.34. The summed E-state index contributed by atoms with van der Waals surface area (Å²) in [6.07, 6.45) is 3.23. The maximum atomic E-state index is 11.5. The van der Waals surface area contributed by atoms with E-state index in [1.807, 2.05) is 22.8 Å². The Balaban J connectivity index is 1.59. The third-order valence-electron chi connectivity index (χ3n) is 5.43. The van der Waals surface area contributed by atoms with Crippen LogP contribution < -0.4 is 10.5 Å². The summed E-state index contributed by atoms with van der Waals surface area (Å²) in [6, 6.07) is 16.7. The van der Waals surface area contributed by atoms with Gasteiger partial charge in [0.15, 0.2) is 0 Å². The highest BCUT2D eigenvalue weighted by molar-refractivity contribution is 5.87.